The summed E-state index contributed by atoms with van der Waals surface area (Å²) in [6.45, 7) is 2.71. The number of thioether (sulfide) groups is 1. The second-order valence-corrected chi connectivity index (χ2v) is 5.15. The van der Waals surface area contributed by atoms with E-state index in [0.29, 0.717) is 18.0 Å². The molecule has 4 heteroatoms. The standard InChI is InChI=1S/C16H19NO2S/c1-3-10-18-15-11-12(8-9-13(15)17)19-14-6-4-5-7-16(14)20-2/h4-9,11H,3,10,17H2,1-2H3. The Bertz CT molecular complexity index is 572. The number of rotatable bonds is 6. The van der Waals surface area contributed by atoms with E-state index in [1.165, 1.54) is 0 Å². The second kappa shape index (κ2) is 7.10. The molecule has 0 saturated heterocycles. The highest BCUT2D eigenvalue weighted by atomic mass is 32.2. The van der Waals surface area contributed by atoms with E-state index in [0.717, 1.165) is 22.8 Å². The van der Waals surface area contributed by atoms with Crippen LogP contribution in [-0.4, -0.2) is 12.9 Å². The normalized spacial score (nSPS) is 10.3. The lowest BCUT2D eigenvalue weighted by Gasteiger charge is -2.12. The zero-order valence-electron chi connectivity index (χ0n) is 11.8. The zero-order valence-corrected chi connectivity index (χ0v) is 12.6. The first-order valence-electron chi connectivity index (χ1n) is 6.57. The summed E-state index contributed by atoms with van der Waals surface area (Å²) in [5, 5.41) is 0. The first-order chi connectivity index (χ1) is 9.74. The molecule has 0 amide bonds. The Hall–Kier alpha value is -1.81. The summed E-state index contributed by atoms with van der Waals surface area (Å²) in [7, 11) is 0. The molecule has 3 nitrogen and oxygen atoms in total. The zero-order chi connectivity index (χ0) is 14.4. The van der Waals surface area contributed by atoms with Crippen LogP contribution in [0.2, 0.25) is 0 Å². The maximum atomic E-state index is 5.92. The molecule has 0 aliphatic rings. The van der Waals surface area contributed by atoms with Gasteiger partial charge in [-0.1, -0.05) is 19.1 Å². The van der Waals surface area contributed by atoms with Crippen LogP contribution in [0.4, 0.5) is 5.69 Å². The molecule has 2 N–H and O–H groups in total. The van der Waals surface area contributed by atoms with Gasteiger partial charge in [0, 0.05) is 11.0 Å². The minimum atomic E-state index is 0.629. The van der Waals surface area contributed by atoms with Crippen LogP contribution in [0.5, 0.6) is 17.2 Å². The van der Waals surface area contributed by atoms with Crippen molar-refractivity contribution >= 4 is 17.4 Å². The van der Waals surface area contributed by atoms with Crippen molar-refractivity contribution in [1.29, 1.82) is 0 Å². The van der Waals surface area contributed by atoms with Crippen LogP contribution in [0.25, 0.3) is 0 Å². The Balaban J connectivity index is 2.20. The van der Waals surface area contributed by atoms with Crippen molar-refractivity contribution < 1.29 is 9.47 Å². The molecule has 0 bridgehead atoms. The maximum Gasteiger partial charge on any atom is 0.145 e. The van der Waals surface area contributed by atoms with Crippen LogP contribution in [0, 0.1) is 0 Å². The van der Waals surface area contributed by atoms with Gasteiger partial charge in [-0.2, -0.15) is 0 Å². The predicted molar refractivity (Wildman–Crippen MR) is 84.9 cm³/mol. The van der Waals surface area contributed by atoms with E-state index < -0.39 is 0 Å². The van der Waals surface area contributed by atoms with Crippen LogP contribution < -0.4 is 15.2 Å². The van der Waals surface area contributed by atoms with E-state index in [9.17, 15) is 0 Å². The first-order valence-corrected chi connectivity index (χ1v) is 7.80. The summed E-state index contributed by atoms with van der Waals surface area (Å²) in [5.74, 6) is 2.24. The van der Waals surface area contributed by atoms with Crippen LogP contribution in [0.15, 0.2) is 47.4 Å². The topological polar surface area (TPSA) is 44.5 Å². The van der Waals surface area contributed by atoms with Crippen molar-refractivity contribution in [2.45, 2.75) is 18.2 Å². The number of nitrogens with two attached hydrogens (primary N) is 1. The second-order valence-electron chi connectivity index (χ2n) is 4.30. The van der Waals surface area contributed by atoms with Crippen LogP contribution in [0.3, 0.4) is 0 Å². The lowest BCUT2D eigenvalue weighted by molar-refractivity contribution is 0.317. The van der Waals surface area contributed by atoms with Crippen molar-refractivity contribution in [3.05, 3.63) is 42.5 Å². The Morgan fingerprint density at radius 3 is 2.65 bits per heavy atom. The van der Waals surface area contributed by atoms with E-state index in [4.69, 9.17) is 15.2 Å². The largest absolute Gasteiger partial charge is 0.491 e. The van der Waals surface area contributed by atoms with Crippen molar-refractivity contribution in [1.82, 2.24) is 0 Å². The molecule has 0 saturated carbocycles. The van der Waals surface area contributed by atoms with Gasteiger partial charge in [0.2, 0.25) is 0 Å². The first kappa shape index (κ1) is 14.6. The molecule has 0 aromatic heterocycles. The lowest BCUT2D eigenvalue weighted by Crippen LogP contribution is -1.99. The molecule has 0 unspecified atom stereocenters. The van der Waals surface area contributed by atoms with Crippen LogP contribution in [-0.2, 0) is 0 Å². The number of hydrogen-bond donors (Lipinski definition) is 1. The molecule has 0 fully saturated rings. The molecule has 0 radical (unpaired) electrons. The Labute approximate surface area is 124 Å². The Morgan fingerprint density at radius 2 is 1.90 bits per heavy atom. The van der Waals surface area contributed by atoms with Gasteiger partial charge in [0.15, 0.2) is 0 Å². The van der Waals surface area contributed by atoms with Gasteiger partial charge in [0.05, 0.1) is 12.3 Å². The van der Waals surface area contributed by atoms with Crippen molar-refractivity contribution in [2.75, 3.05) is 18.6 Å². The highest BCUT2D eigenvalue weighted by molar-refractivity contribution is 7.98. The highest BCUT2D eigenvalue weighted by Crippen LogP contribution is 2.34. The number of ether oxygens (including phenoxy) is 2. The smallest absolute Gasteiger partial charge is 0.145 e. The maximum absolute atomic E-state index is 5.92. The molecule has 20 heavy (non-hydrogen) atoms. The summed E-state index contributed by atoms with van der Waals surface area (Å²) in [4.78, 5) is 1.10. The monoisotopic (exact) mass is 289 g/mol. The molecule has 0 aliphatic carbocycles. The van der Waals surface area contributed by atoms with Crippen LogP contribution in [0.1, 0.15) is 13.3 Å². The third-order valence-electron chi connectivity index (χ3n) is 2.74. The van der Waals surface area contributed by atoms with Gasteiger partial charge in [0.25, 0.3) is 0 Å². The van der Waals surface area contributed by atoms with Crippen LogP contribution >= 0.6 is 11.8 Å². The number of para-hydroxylation sites is 1. The lowest BCUT2D eigenvalue weighted by atomic mass is 10.2. The quantitative estimate of drug-likeness (QED) is 0.625. The number of hydrogen-bond acceptors (Lipinski definition) is 4. The molecule has 0 heterocycles. The SMILES string of the molecule is CCCOc1cc(Oc2ccccc2SC)ccc1N. The molecule has 2 aromatic carbocycles. The molecular formula is C16H19NO2S. The van der Waals surface area contributed by atoms with Gasteiger partial charge >= 0.3 is 0 Å². The molecule has 0 atom stereocenters. The van der Waals surface area contributed by atoms with Crippen molar-refractivity contribution in [3.63, 3.8) is 0 Å². The summed E-state index contributed by atoms with van der Waals surface area (Å²) in [5.41, 5.74) is 6.52. The van der Waals surface area contributed by atoms with Gasteiger partial charge in [0.1, 0.15) is 17.2 Å². The summed E-state index contributed by atoms with van der Waals surface area (Å²) in [6, 6.07) is 13.4. The highest BCUT2D eigenvalue weighted by Gasteiger charge is 2.06. The fourth-order valence-corrected chi connectivity index (χ4v) is 2.27. The molecule has 0 spiro atoms. The summed E-state index contributed by atoms with van der Waals surface area (Å²) >= 11 is 1.65. The average Bonchev–Trinajstić information content (AvgIpc) is 2.48. The fraction of sp³-hybridized carbons (Fsp3) is 0.250. The van der Waals surface area contributed by atoms with E-state index in [-0.39, 0.29) is 0 Å². The van der Waals surface area contributed by atoms with E-state index in [2.05, 4.69) is 6.92 Å². The van der Waals surface area contributed by atoms with Gasteiger partial charge in [-0.25, -0.2) is 0 Å². The summed E-state index contributed by atoms with van der Waals surface area (Å²) < 4.78 is 11.5. The van der Waals surface area contributed by atoms with Crippen molar-refractivity contribution in [3.8, 4) is 17.2 Å². The Kier molecular flexibility index (Phi) is 5.18. The molecule has 106 valence electrons. The third kappa shape index (κ3) is 3.61. The van der Waals surface area contributed by atoms with Gasteiger partial charge in [-0.3, -0.25) is 0 Å². The number of benzene rings is 2. The minimum absolute atomic E-state index is 0.629. The number of nitrogen functional groups attached to an aromatic ring is 1. The van der Waals surface area contributed by atoms with Gasteiger partial charge in [-0.15, -0.1) is 11.8 Å². The molecule has 0 aliphatic heterocycles. The van der Waals surface area contributed by atoms with E-state index in [1.807, 2.05) is 48.7 Å². The molecular weight excluding hydrogens is 270 g/mol. The van der Waals surface area contributed by atoms with E-state index >= 15 is 0 Å². The fourth-order valence-electron chi connectivity index (χ4n) is 1.75. The third-order valence-corrected chi connectivity index (χ3v) is 3.52. The van der Waals surface area contributed by atoms with Gasteiger partial charge < -0.3 is 15.2 Å². The van der Waals surface area contributed by atoms with Gasteiger partial charge in [-0.05, 0) is 36.9 Å². The number of anilines is 1. The molecule has 2 aromatic rings. The van der Waals surface area contributed by atoms with Crippen molar-refractivity contribution in [2.24, 2.45) is 0 Å². The average molecular weight is 289 g/mol. The van der Waals surface area contributed by atoms with E-state index in [1.54, 1.807) is 11.8 Å². The Morgan fingerprint density at radius 1 is 1.10 bits per heavy atom. The minimum Gasteiger partial charge on any atom is -0.491 e. The molecule has 2 rings (SSSR count). The predicted octanol–water partition coefficient (Wildman–Crippen LogP) is 4.57. The summed E-state index contributed by atoms with van der Waals surface area (Å²) in [6.07, 6.45) is 2.97.